The van der Waals surface area contributed by atoms with Gasteiger partial charge in [-0.25, -0.2) is 8.78 Å². The summed E-state index contributed by atoms with van der Waals surface area (Å²) in [6, 6.07) is 9.22. The molecule has 0 aliphatic heterocycles. The fourth-order valence-electron chi connectivity index (χ4n) is 1.53. The third-order valence-electron chi connectivity index (χ3n) is 2.53. The number of hydrogen-bond acceptors (Lipinski definition) is 2. The number of carbonyl (C=O) groups is 1. The number of amides is 1. The minimum Gasteiger partial charge on any atom is -0.322 e. The average Bonchev–Trinajstić information content (AvgIpc) is 2.43. The highest BCUT2D eigenvalue weighted by atomic mass is 79.9. The number of nitrogens with one attached hydrogen (secondary N) is 1. The summed E-state index contributed by atoms with van der Waals surface area (Å²) < 4.78 is 26.7. The van der Waals surface area contributed by atoms with Gasteiger partial charge in [-0.05, 0) is 52.3 Å². The van der Waals surface area contributed by atoms with E-state index in [0.29, 0.717) is 0 Å². The van der Waals surface area contributed by atoms with Gasteiger partial charge < -0.3 is 5.32 Å². The van der Waals surface area contributed by atoms with Gasteiger partial charge in [0.05, 0.1) is 10.0 Å². The number of hydrogen-bond donors (Lipinski definition) is 1. The topological polar surface area (TPSA) is 52.9 Å². The number of nitrogens with zero attached hydrogens (tertiary/aromatic N) is 1. The van der Waals surface area contributed by atoms with E-state index in [2.05, 4.69) is 21.2 Å². The summed E-state index contributed by atoms with van der Waals surface area (Å²) in [6.45, 7) is 0. The molecule has 20 heavy (non-hydrogen) atoms. The molecule has 0 aliphatic carbocycles. The van der Waals surface area contributed by atoms with Crippen LogP contribution in [0.3, 0.4) is 0 Å². The molecule has 0 bridgehead atoms. The number of nitriles is 1. The predicted octanol–water partition coefficient (Wildman–Crippen LogP) is 3.85. The molecule has 0 aromatic heterocycles. The van der Waals surface area contributed by atoms with Crippen molar-refractivity contribution in [1.82, 2.24) is 0 Å². The highest BCUT2D eigenvalue weighted by molar-refractivity contribution is 9.10. The van der Waals surface area contributed by atoms with Crippen LogP contribution in [0.15, 0.2) is 40.9 Å². The maximum absolute atomic E-state index is 13.3. The SMILES string of the molecule is N#Cc1cc(NC(=O)c2ccc(Br)c(F)c2)ccc1F. The molecule has 3 nitrogen and oxygen atoms in total. The van der Waals surface area contributed by atoms with Crippen molar-refractivity contribution in [3.05, 3.63) is 63.6 Å². The van der Waals surface area contributed by atoms with Crippen LogP contribution in [0.1, 0.15) is 15.9 Å². The van der Waals surface area contributed by atoms with E-state index in [1.54, 1.807) is 6.07 Å². The minimum atomic E-state index is -0.666. The molecule has 0 spiro atoms. The maximum atomic E-state index is 13.3. The summed E-state index contributed by atoms with van der Waals surface area (Å²) >= 11 is 2.99. The van der Waals surface area contributed by atoms with E-state index in [9.17, 15) is 13.6 Å². The largest absolute Gasteiger partial charge is 0.322 e. The third kappa shape index (κ3) is 3.00. The van der Waals surface area contributed by atoms with E-state index in [4.69, 9.17) is 5.26 Å². The van der Waals surface area contributed by atoms with Crippen molar-refractivity contribution in [2.75, 3.05) is 5.32 Å². The number of rotatable bonds is 2. The number of halogens is 3. The van der Waals surface area contributed by atoms with Gasteiger partial charge in [0, 0.05) is 11.3 Å². The lowest BCUT2D eigenvalue weighted by molar-refractivity contribution is 0.102. The Kier molecular flexibility index (Phi) is 4.11. The van der Waals surface area contributed by atoms with Gasteiger partial charge >= 0.3 is 0 Å². The minimum absolute atomic E-state index is 0.119. The monoisotopic (exact) mass is 336 g/mol. The van der Waals surface area contributed by atoms with Gasteiger partial charge in [-0.1, -0.05) is 0 Å². The van der Waals surface area contributed by atoms with E-state index in [-0.39, 0.29) is 21.3 Å². The Hall–Kier alpha value is -2.26. The number of carbonyl (C=O) groups excluding carboxylic acids is 1. The summed E-state index contributed by atoms with van der Waals surface area (Å²) in [7, 11) is 0. The molecule has 0 radical (unpaired) electrons. The second-order valence-electron chi connectivity index (χ2n) is 3.89. The van der Waals surface area contributed by atoms with Crippen LogP contribution in [-0.2, 0) is 0 Å². The van der Waals surface area contributed by atoms with Crippen LogP contribution in [0, 0.1) is 23.0 Å². The Morgan fingerprint density at radius 2 is 1.90 bits per heavy atom. The molecular weight excluding hydrogens is 330 g/mol. The zero-order valence-electron chi connectivity index (χ0n) is 9.95. The molecular formula is C14H7BrF2N2O. The first-order valence-corrected chi connectivity index (χ1v) is 6.26. The molecule has 0 heterocycles. The summed E-state index contributed by atoms with van der Waals surface area (Å²) in [4.78, 5) is 11.9. The van der Waals surface area contributed by atoms with Gasteiger partial charge in [0.1, 0.15) is 17.7 Å². The van der Waals surface area contributed by atoms with Crippen molar-refractivity contribution in [3.63, 3.8) is 0 Å². The Morgan fingerprint density at radius 3 is 2.55 bits per heavy atom. The molecule has 2 aromatic rings. The van der Waals surface area contributed by atoms with Crippen molar-refractivity contribution in [3.8, 4) is 6.07 Å². The molecule has 6 heteroatoms. The normalized spacial score (nSPS) is 9.90. The van der Waals surface area contributed by atoms with E-state index in [1.165, 1.54) is 24.3 Å². The second-order valence-corrected chi connectivity index (χ2v) is 4.74. The van der Waals surface area contributed by atoms with Crippen LogP contribution >= 0.6 is 15.9 Å². The van der Waals surface area contributed by atoms with Gasteiger partial charge in [-0.15, -0.1) is 0 Å². The van der Waals surface area contributed by atoms with Crippen molar-refractivity contribution >= 4 is 27.5 Å². The van der Waals surface area contributed by atoms with Gasteiger partial charge in [0.15, 0.2) is 0 Å². The van der Waals surface area contributed by atoms with Crippen molar-refractivity contribution in [2.24, 2.45) is 0 Å². The summed E-state index contributed by atoms with van der Waals surface area (Å²) in [6.07, 6.45) is 0. The van der Waals surface area contributed by atoms with Crippen LogP contribution in [0.5, 0.6) is 0 Å². The fraction of sp³-hybridized carbons (Fsp3) is 0. The average molecular weight is 337 g/mol. The molecule has 0 saturated heterocycles. The predicted molar refractivity (Wildman–Crippen MR) is 73.2 cm³/mol. The molecule has 2 aromatic carbocycles. The first-order valence-electron chi connectivity index (χ1n) is 5.47. The number of benzene rings is 2. The molecule has 2 rings (SSSR count). The second kappa shape index (κ2) is 5.80. The van der Waals surface area contributed by atoms with Crippen LogP contribution < -0.4 is 5.32 Å². The highest BCUT2D eigenvalue weighted by Crippen LogP contribution is 2.18. The van der Waals surface area contributed by atoms with Crippen molar-refractivity contribution in [1.29, 1.82) is 5.26 Å². The molecule has 0 unspecified atom stereocenters. The lowest BCUT2D eigenvalue weighted by Crippen LogP contribution is -2.12. The Balaban J connectivity index is 2.23. The summed E-state index contributed by atoms with van der Waals surface area (Å²) in [5.41, 5.74) is 0.203. The summed E-state index contributed by atoms with van der Waals surface area (Å²) in [5, 5.41) is 11.2. The number of anilines is 1. The molecule has 1 amide bonds. The fourth-order valence-corrected chi connectivity index (χ4v) is 1.78. The first-order chi connectivity index (χ1) is 9.51. The van der Waals surface area contributed by atoms with Gasteiger partial charge in [-0.3, -0.25) is 4.79 Å². The van der Waals surface area contributed by atoms with Crippen LogP contribution in [0.2, 0.25) is 0 Å². The standard InChI is InChI=1S/C14H7BrF2N2O/c15-11-3-1-8(6-13(11)17)14(20)19-10-2-4-12(16)9(5-10)7-18/h1-6H,(H,19,20). The molecule has 0 aliphatic rings. The zero-order chi connectivity index (χ0) is 14.7. The lowest BCUT2D eigenvalue weighted by Gasteiger charge is -2.06. The van der Waals surface area contributed by atoms with Crippen LogP contribution in [0.25, 0.3) is 0 Å². The Bertz CT molecular complexity index is 726. The van der Waals surface area contributed by atoms with Crippen LogP contribution in [-0.4, -0.2) is 5.91 Å². The van der Waals surface area contributed by atoms with E-state index in [1.807, 2.05) is 0 Å². The Labute approximate surface area is 122 Å². The van der Waals surface area contributed by atoms with Gasteiger partial charge in [-0.2, -0.15) is 5.26 Å². The first kappa shape index (κ1) is 14.2. The molecule has 1 N–H and O–H groups in total. The summed E-state index contributed by atoms with van der Waals surface area (Å²) in [5.74, 6) is -1.78. The van der Waals surface area contributed by atoms with Crippen molar-refractivity contribution in [2.45, 2.75) is 0 Å². The van der Waals surface area contributed by atoms with E-state index < -0.39 is 17.5 Å². The van der Waals surface area contributed by atoms with Gasteiger partial charge in [0.2, 0.25) is 0 Å². The quantitative estimate of drug-likeness (QED) is 0.905. The zero-order valence-corrected chi connectivity index (χ0v) is 11.5. The Morgan fingerprint density at radius 1 is 1.15 bits per heavy atom. The molecule has 0 atom stereocenters. The van der Waals surface area contributed by atoms with Crippen LogP contribution in [0.4, 0.5) is 14.5 Å². The molecule has 0 fully saturated rings. The smallest absolute Gasteiger partial charge is 0.255 e. The van der Waals surface area contributed by atoms with E-state index in [0.717, 1.165) is 12.1 Å². The van der Waals surface area contributed by atoms with Crippen molar-refractivity contribution < 1.29 is 13.6 Å². The molecule has 0 saturated carbocycles. The molecule has 100 valence electrons. The highest BCUT2D eigenvalue weighted by Gasteiger charge is 2.10. The third-order valence-corrected chi connectivity index (χ3v) is 3.17. The van der Waals surface area contributed by atoms with Gasteiger partial charge in [0.25, 0.3) is 5.91 Å². The van der Waals surface area contributed by atoms with E-state index >= 15 is 0 Å². The lowest BCUT2D eigenvalue weighted by atomic mass is 10.1. The maximum Gasteiger partial charge on any atom is 0.255 e.